The zero-order valence-corrected chi connectivity index (χ0v) is 18.2. The number of carbonyl (C=O) groups excluding carboxylic acids is 2. The summed E-state index contributed by atoms with van der Waals surface area (Å²) in [7, 11) is 1.49. The molecule has 0 aliphatic heterocycles. The number of likely N-dealkylation sites (N-methyl/N-ethyl adjacent to an activating group) is 1. The average molecular weight is 464 g/mol. The molecular weight excluding hydrogens is 446 g/mol. The fraction of sp³-hybridized carbons (Fsp3) is 0.263. The largest absolute Gasteiger partial charge is 0.482 e. The number of nitrogens with zero attached hydrogens (tertiary/aromatic N) is 1. The molecule has 0 spiro atoms. The lowest BCUT2D eigenvalue weighted by Crippen LogP contribution is -2.48. The smallest absolute Gasteiger partial charge is 0.261 e. The quantitative estimate of drug-likeness (QED) is 0.638. The molecule has 0 bridgehead atoms. The predicted octanol–water partition coefficient (Wildman–Crippen LogP) is 4.84. The molecule has 1 atom stereocenters. The minimum Gasteiger partial charge on any atom is -0.482 e. The van der Waals surface area contributed by atoms with E-state index in [0.717, 1.165) is 0 Å². The minimum absolute atomic E-state index is 0.0453. The number of amides is 2. The van der Waals surface area contributed by atoms with Crippen LogP contribution in [0, 0.1) is 0 Å². The van der Waals surface area contributed by atoms with Crippen molar-refractivity contribution >= 4 is 58.2 Å². The van der Waals surface area contributed by atoms with E-state index in [2.05, 4.69) is 5.32 Å². The van der Waals surface area contributed by atoms with Crippen LogP contribution in [0.5, 0.6) is 5.75 Å². The van der Waals surface area contributed by atoms with Crippen LogP contribution < -0.4 is 10.1 Å². The molecule has 28 heavy (non-hydrogen) atoms. The molecular formula is C19H18Cl4N2O3. The molecule has 150 valence electrons. The summed E-state index contributed by atoms with van der Waals surface area (Å²) in [6.45, 7) is 1.32. The van der Waals surface area contributed by atoms with E-state index in [1.807, 2.05) is 0 Å². The van der Waals surface area contributed by atoms with Crippen LogP contribution in [-0.2, 0) is 16.1 Å². The van der Waals surface area contributed by atoms with Crippen LogP contribution >= 0.6 is 46.4 Å². The lowest BCUT2D eigenvalue weighted by atomic mass is 10.1. The highest BCUT2D eigenvalue weighted by Gasteiger charge is 2.27. The molecule has 0 saturated carbocycles. The first-order valence-electron chi connectivity index (χ1n) is 8.26. The Kier molecular flexibility index (Phi) is 8.25. The van der Waals surface area contributed by atoms with Gasteiger partial charge in [-0.15, -0.1) is 0 Å². The number of hydrogen-bond acceptors (Lipinski definition) is 3. The maximum Gasteiger partial charge on any atom is 0.261 e. The van der Waals surface area contributed by atoms with Gasteiger partial charge in [0.05, 0.1) is 5.02 Å². The molecule has 0 aliphatic rings. The molecule has 9 heteroatoms. The molecule has 0 saturated heterocycles. The van der Waals surface area contributed by atoms with Gasteiger partial charge in [-0.05, 0) is 37.3 Å². The molecule has 2 rings (SSSR count). The van der Waals surface area contributed by atoms with Crippen LogP contribution in [0.3, 0.4) is 0 Å². The molecule has 0 unspecified atom stereocenters. The molecule has 5 nitrogen and oxygen atoms in total. The number of ether oxygens (including phenoxy) is 1. The molecule has 0 radical (unpaired) electrons. The van der Waals surface area contributed by atoms with Crippen molar-refractivity contribution in [2.75, 3.05) is 13.7 Å². The SMILES string of the molecule is CNC(=O)[C@H](C)N(Cc1c(Cl)cccc1Cl)C(=O)COc1ccc(Cl)cc1Cl. The minimum atomic E-state index is -0.769. The first-order chi connectivity index (χ1) is 13.2. The van der Waals surface area contributed by atoms with Gasteiger partial charge in [-0.25, -0.2) is 0 Å². The zero-order chi connectivity index (χ0) is 20.8. The highest BCUT2D eigenvalue weighted by molar-refractivity contribution is 6.36. The molecule has 0 fully saturated rings. The maximum atomic E-state index is 12.8. The van der Waals surface area contributed by atoms with E-state index in [9.17, 15) is 9.59 Å². The van der Waals surface area contributed by atoms with Crippen molar-refractivity contribution in [1.82, 2.24) is 10.2 Å². The molecule has 2 aromatic carbocycles. The van der Waals surface area contributed by atoms with Crippen molar-refractivity contribution < 1.29 is 14.3 Å². The van der Waals surface area contributed by atoms with Crippen molar-refractivity contribution in [3.05, 3.63) is 62.1 Å². The summed E-state index contributed by atoms with van der Waals surface area (Å²) in [6, 6.07) is 8.94. The molecule has 0 aromatic heterocycles. The van der Waals surface area contributed by atoms with E-state index < -0.39 is 11.9 Å². The van der Waals surface area contributed by atoms with Crippen molar-refractivity contribution in [2.45, 2.75) is 19.5 Å². The van der Waals surface area contributed by atoms with E-state index in [1.165, 1.54) is 18.0 Å². The molecule has 2 amide bonds. The zero-order valence-electron chi connectivity index (χ0n) is 15.1. The summed E-state index contributed by atoms with van der Waals surface area (Å²) in [4.78, 5) is 26.3. The Morgan fingerprint density at radius 2 is 1.71 bits per heavy atom. The van der Waals surface area contributed by atoms with E-state index in [0.29, 0.717) is 26.4 Å². The Hall–Kier alpha value is -1.66. The fourth-order valence-electron chi connectivity index (χ4n) is 2.46. The normalized spacial score (nSPS) is 11.6. The van der Waals surface area contributed by atoms with Crippen LogP contribution in [0.15, 0.2) is 36.4 Å². The Labute approximate surface area is 183 Å². The highest BCUT2D eigenvalue weighted by Crippen LogP contribution is 2.28. The van der Waals surface area contributed by atoms with E-state index >= 15 is 0 Å². The highest BCUT2D eigenvalue weighted by atomic mass is 35.5. The number of halogens is 4. The molecule has 0 aliphatic carbocycles. The van der Waals surface area contributed by atoms with Gasteiger partial charge in [0.15, 0.2) is 6.61 Å². The first-order valence-corrected chi connectivity index (χ1v) is 9.77. The third-order valence-corrected chi connectivity index (χ3v) is 5.29. The second kappa shape index (κ2) is 10.2. The van der Waals surface area contributed by atoms with Crippen LogP contribution in [0.1, 0.15) is 12.5 Å². The summed E-state index contributed by atoms with van der Waals surface area (Å²) < 4.78 is 5.52. The van der Waals surface area contributed by atoms with Crippen molar-refractivity contribution in [3.63, 3.8) is 0 Å². The van der Waals surface area contributed by atoms with Gasteiger partial charge in [0.2, 0.25) is 5.91 Å². The number of rotatable bonds is 7. The van der Waals surface area contributed by atoms with Gasteiger partial charge in [-0.3, -0.25) is 9.59 Å². The average Bonchev–Trinajstić information content (AvgIpc) is 2.65. The van der Waals surface area contributed by atoms with Gasteiger partial charge in [0.25, 0.3) is 5.91 Å². The molecule has 0 heterocycles. The summed E-state index contributed by atoms with van der Waals surface area (Å²) in [5, 5.41) is 4.06. The molecule has 2 aromatic rings. The van der Waals surface area contributed by atoms with E-state index in [4.69, 9.17) is 51.1 Å². The second-order valence-electron chi connectivity index (χ2n) is 5.88. The Bertz CT molecular complexity index is 856. The fourth-order valence-corrected chi connectivity index (χ4v) is 3.44. The van der Waals surface area contributed by atoms with E-state index in [-0.39, 0.29) is 24.1 Å². The lowest BCUT2D eigenvalue weighted by molar-refractivity contribution is -0.142. The monoisotopic (exact) mass is 462 g/mol. The third kappa shape index (κ3) is 5.67. The number of benzene rings is 2. The standard InChI is InChI=1S/C19H18Cl4N2O3/c1-11(19(27)24-2)25(9-13-14(21)4-3-5-15(13)22)18(26)10-28-17-7-6-12(20)8-16(17)23/h3-8,11H,9-10H2,1-2H3,(H,24,27)/t11-/m0/s1. The van der Waals surface area contributed by atoms with Crippen LogP contribution in [-0.4, -0.2) is 36.4 Å². The van der Waals surface area contributed by atoms with Gasteiger partial charge in [0.1, 0.15) is 11.8 Å². The Balaban J connectivity index is 2.22. The van der Waals surface area contributed by atoms with Gasteiger partial charge in [-0.1, -0.05) is 52.5 Å². The lowest BCUT2D eigenvalue weighted by Gasteiger charge is -2.29. The van der Waals surface area contributed by atoms with Gasteiger partial charge >= 0.3 is 0 Å². The topological polar surface area (TPSA) is 58.6 Å². The summed E-state index contributed by atoms with van der Waals surface area (Å²) in [6.07, 6.45) is 0. The molecule has 1 N–H and O–H groups in total. The Morgan fingerprint density at radius 3 is 2.29 bits per heavy atom. The first kappa shape index (κ1) is 22.6. The van der Waals surface area contributed by atoms with E-state index in [1.54, 1.807) is 37.3 Å². The second-order valence-corrected chi connectivity index (χ2v) is 7.53. The maximum absolute atomic E-state index is 12.8. The van der Waals surface area contributed by atoms with Crippen LogP contribution in [0.2, 0.25) is 20.1 Å². The summed E-state index contributed by atoms with van der Waals surface area (Å²) in [5.74, 6) is -0.457. The van der Waals surface area contributed by atoms with Gasteiger partial charge < -0.3 is 15.0 Å². The predicted molar refractivity (Wildman–Crippen MR) is 112 cm³/mol. The number of nitrogens with one attached hydrogen (secondary N) is 1. The van der Waals surface area contributed by atoms with Gasteiger partial charge in [-0.2, -0.15) is 0 Å². The van der Waals surface area contributed by atoms with Crippen molar-refractivity contribution in [1.29, 1.82) is 0 Å². The van der Waals surface area contributed by atoms with Crippen LogP contribution in [0.4, 0.5) is 0 Å². The number of carbonyl (C=O) groups is 2. The number of hydrogen-bond donors (Lipinski definition) is 1. The summed E-state index contributed by atoms with van der Waals surface area (Å²) >= 11 is 24.4. The summed E-state index contributed by atoms with van der Waals surface area (Å²) in [5.41, 5.74) is 0.541. The van der Waals surface area contributed by atoms with Crippen LogP contribution in [0.25, 0.3) is 0 Å². The third-order valence-electron chi connectivity index (χ3n) is 4.05. The van der Waals surface area contributed by atoms with Crippen molar-refractivity contribution in [2.24, 2.45) is 0 Å². The van der Waals surface area contributed by atoms with Crippen molar-refractivity contribution in [3.8, 4) is 5.75 Å². The van der Waals surface area contributed by atoms with Gasteiger partial charge in [0, 0.05) is 34.2 Å². The Morgan fingerprint density at radius 1 is 1.07 bits per heavy atom.